The summed E-state index contributed by atoms with van der Waals surface area (Å²) < 4.78 is 23.0. The number of hydrogen-bond acceptors (Lipinski definition) is 3. The first kappa shape index (κ1) is 15.9. The minimum absolute atomic E-state index is 0.118. The molecule has 1 atom stereocenters. The van der Waals surface area contributed by atoms with E-state index >= 15 is 0 Å². The predicted octanol–water partition coefficient (Wildman–Crippen LogP) is 2.23. The first-order chi connectivity index (χ1) is 7.39. The van der Waals surface area contributed by atoms with Gasteiger partial charge < -0.3 is 5.32 Å². The van der Waals surface area contributed by atoms with Gasteiger partial charge in [-0.25, -0.2) is 8.42 Å². The van der Waals surface area contributed by atoms with Gasteiger partial charge in [-0.1, -0.05) is 34.1 Å². The third-order valence-corrected chi connectivity index (χ3v) is 4.82. The SMILES string of the molecule is CCCC(C)(CCS(=O)(=O)CC)CNCC. The van der Waals surface area contributed by atoms with Crippen LogP contribution in [-0.2, 0) is 9.84 Å². The van der Waals surface area contributed by atoms with Crippen LogP contribution in [0, 0.1) is 5.41 Å². The first-order valence-corrected chi connectivity index (χ1v) is 8.12. The molecular formula is C12H27NO2S. The van der Waals surface area contributed by atoms with Gasteiger partial charge in [0.25, 0.3) is 0 Å². The predicted molar refractivity (Wildman–Crippen MR) is 70.5 cm³/mol. The lowest BCUT2D eigenvalue weighted by molar-refractivity contribution is 0.270. The molecule has 4 heteroatoms. The standard InChI is InChI=1S/C12H27NO2S/c1-5-8-12(4,11-13-6-2)9-10-16(14,15)7-3/h13H,5-11H2,1-4H3. The monoisotopic (exact) mass is 249 g/mol. The van der Waals surface area contributed by atoms with Crippen LogP contribution in [0.2, 0.25) is 0 Å². The van der Waals surface area contributed by atoms with Crippen LogP contribution in [0.15, 0.2) is 0 Å². The Balaban J connectivity index is 4.32. The highest BCUT2D eigenvalue weighted by Crippen LogP contribution is 2.27. The topological polar surface area (TPSA) is 46.2 Å². The quantitative estimate of drug-likeness (QED) is 0.681. The Hall–Kier alpha value is -0.0900. The van der Waals surface area contributed by atoms with Crippen LogP contribution in [0.4, 0.5) is 0 Å². The summed E-state index contributed by atoms with van der Waals surface area (Å²) in [5, 5.41) is 3.33. The Kier molecular flexibility index (Phi) is 7.24. The zero-order valence-corrected chi connectivity index (χ0v) is 12.0. The van der Waals surface area contributed by atoms with E-state index in [1.807, 2.05) is 0 Å². The molecule has 0 aliphatic carbocycles. The van der Waals surface area contributed by atoms with E-state index in [2.05, 4.69) is 26.1 Å². The molecule has 0 aromatic heterocycles. The number of rotatable bonds is 9. The van der Waals surface area contributed by atoms with E-state index in [0.717, 1.165) is 32.4 Å². The van der Waals surface area contributed by atoms with Crippen LogP contribution in [0.25, 0.3) is 0 Å². The van der Waals surface area contributed by atoms with Gasteiger partial charge in [0.05, 0.1) is 5.75 Å². The second-order valence-corrected chi connectivity index (χ2v) is 7.30. The molecule has 0 aliphatic rings. The van der Waals surface area contributed by atoms with Crippen molar-refractivity contribution in [2.45, 2.75) is 47.0 Å². The van der Waals surface area contributed by atoms with Crippen LogP contribution in [-0.4, -0.2) is 33.0 Å². The van der Waals surface area contributed by atoms with E-state index in [0.29, 0.717) is 5.75 Å². The minimum atomic E-state index is -2.82. The van der Waals surface area contributed by atoms with E-state index in [1.54, 1.807) is 6.92 Å². The van der Waals surface area contributed by atoms with E-state index in [1.165, 1.54) is 0 Å². The largest absolute Gasteiger partial charge is 0.316 e. The Morgan fingerprint density at radius 1 is 1.12 bits per heavy atom. The lowest BCUT2D eigenvalue weighted by Crippen LogP contribution is -2.33. The smallest absolute Gasteiger partial charge is 0.150 e. The molecule has 0 heterocycles. The summed E-state index contributed by atoms with van der Waals surface area (Å²) in [6, 6.07) is 0. The summed E-state index contributed by atoms with van der Waals surface area (Å²) in [6.07, 6.45) is 2.96. The van der Waals surface area contributed by atoms with E-state index in [9.17, 15) is 8.42 Å². The van der Waals surface area contributed by atoms with Gasteiger partial charge in [0, 0.05) is 12.3 Å². The van der Waals surface area contributed by atoms with Crippen LogP contribution >= 0.6 is 0 Å². The molecule has 98 valence electrons. The summed E-state index contributed by atoms with van der Waals surface area (Å²) in [5.41, 5.74) is 0.118. The van der Waals surface area contributed by atoms with Crippen molar-refractivity contribution in [3.05, 3.63) is 0 Å². The average Bonchev–Trinajstić information content (AvgIpc) is 2.25. The lowest BCUT2D eigenvalue weighted by atomic mass is 9.83. The molecule has 16 heavy (non-hydrogen) atoms. The average molecular weight is 249 g/mol. The van der Waals surface area contributed by atoms with Gasteiger partial charge in [-0.15, -0.1) is 0 Å². The molecule has 3 nitrogen and oxygen atoms in total. The van der Waals surface area contributed by atoms with Gasteiger partial charge in [-0.05, 0) is 24.8 Å². The van der Waals surface area contributed by atoms with Crippen LogP contribution in [0.5, 0.6) is 0 Å². The maximum absolute atomic E-state index is 11.5. The molecule has 0 aromatic rings. The van der Waals surface area contributed by atoms with Gasteiger partial charge in [0.15, 0.2) is 0 Å². The highest BCUT2D eigenvalue weighted by atomic mass is 32.2. The van der Waals surface area contributed by atoms with Crippen LogP contribution in [0.1, 0.15) is 47.0 Å². The second-order valence-electron chi connectivity index (χ2n) is 4.83. The van der Waals surface area contributed by atoms with Gasteiger partial charge in [0.1, 0.15) is 9.84 Å². The molecule has 0 aromatic carbocycles. The highest BCUT2D eigenvalue weighted by molar-refractivity contribution is 7.91. The van der Waals surface area contributed by atoms with Gasteiger partial charge in [-0.3, -0.25) is 0 Å². The number of hydrogen-bond donors (Lipinski definition) is 1. The maximum atomic E-state index is 11.5. The summed E-state index contributed by atoms with van der Waals surface area (Å²) in [5.74, 6) is 0.585. The van der Waals surface area contributed by atoms with Crippen molar-refractivity contribution < 1.29 is 8.42 Å². The second kappa shape index (κ2) is 7.28. The van der Waals surface area contributed by atoms with Crippen LogP contribution < -0.4 is 5.32 Å². The van der Waals surface area contributed by atoms with E-state index in [-0.39, 0.29) is 11.2 Å². The minimum Gasteiger partial charge on any atom is -0.316 e. The molecule has 0 spiro atoms. The maximum Gasteiger partial charge on any atom is 0.150 e. The Morgan fingerprint density at radius 2 is 1.75 bits per heavy atom. The van der Waals surface area contributed by atoms with E-state index < -0.39 is 9.84 Å². The lowest BCUT2D eigenvalue weighted by Gasteiger charge is -2.29. The first-order valence-electron chi connectivity index (χ1n) is 6.30. The number of sulfone groups is 1. The summed E-state index contributed by atoms with van der Waals surface area (Å²) in [7, 11) is -2.82. The molecule has 1 unspecified atom stereocenters. The Bertz CT molecular complexity index is 275. The van der Waals surface area contributed by atoms with Gasteiger partial charge in [-0.2, -0.15) is 0 Å². The highest BCUT2D eigenvalue weighted by Gasteiger charge is 2.24. The summed E-state index contributed by atoms with van der Waals surface area (Å²) >= 11 is 0. The molecular weight excluding hydrogens is 222 g/mol. The van der Waals surface area contributed by atoms with Crippen molar-refractivity contribution >= 4 is 9.84 Å². The summed E-state index contributed by atoms with van der Waals surface area (Å²) in [6.45, 7) is 9.99. The van der Waals surface area contributed by atoms with Crippen molar-refractivity contribution in [3.63, 3.8) is 0 Å². The molecule has 1 N–H and O–H groups in total. The molecule has 0 saturated carbocycles. The third kappa shape index (κ3) is 6.48. The molecule has 0 radical (unpaired) electrons. The zero-order chi connectivity index (χ0) is 12.7. The molecule has 0 rings (SSSR count). The Morgan fingerprint density at radius 3 is 2.19 bits per heavy atom. The van der Waals surface area contributed by atoms with Crippen molar-refractivity contribution in [2.24, 2.45) is 5.41 Å². The molecule has 0 aliphatic heterocycles. The van der Waals surface area contributed by atoms with Crippen LogP contribution in [0.3, 0.4) is 0 Å². The van der Waals surface area contributed by atoms with E-state index in [4.69, 9.17) is 0 Å². The molecule has 0 fully saturated rings. The Labute approximate surface area is 101 Å². The fourth-order valence-electron chi connectivity index (χ4n) is 1.88. The van der Waals surface area contributed by atoms with Gasteiger partial charge in [0.2, 0.25) is 0 Å². The molecule has 0 bridgehead atoms. The zero-order valence-electron chi connectivity index (χ0n) is 11.2. The molecule has 0 amide bonds. The fraction of sp³-hybridized carbons (Fsp3) is 1.00. The van der Waals surface area contributed by atoms with Crippen molar-refractivity contribution in [3.8, 4) is 0 Å². The van der Waals surface area contributed by atoms with Crippen molar-refractivity contribution in [1.29, 1.82) is 0 Å². The number of nitrogens with one attached hydrogen (secondary N) is 1. The molecule has 0 saturated heterocycles. The fourth-order valence-corrected chi connectivity index (χ4v) is 2.97. The van der Waals surface area contributed by atoms with Crippen molar-refractivity contribution in [2.75, 3.05) is 24.6 Å². The van der Waals surface area contributed by atoms with Gasteiger partial charge >= 0.3 is 0 Å². The summed E-state index contributed by atoms with van der Waals surface area (Å²) in [4.78, 5) is 0. The normalized spacial score (nSPS) is 16.0. The third-order valence-electron chi connectivity index (χ3n) is 3.11. The van der Waals surface area contributed by atoms with Crippen molar-refractivity contribution in [1.82, 2.24) is 5.32 Å².